The number of hydrogen-bond donors (Lipinski definition) is 2. The molecule has 1 amide bonds. The zero-order chi connectivity index (χ0) is 12.1. The van der Waals surface area contributed by atoms with Crippen molar-refractivity contribution in [2.24, 2.45) is 0 Å². The van der Waals surface area contributed by atoms with Crippen molar-refractivity contribution in [3.8, 4) is 0 Å². The average Bonchev–Trinajstić information content (AvgIpc) is 2.32. The lowest BCUT2D eigenvalue weighted by Crippen LogP contribution is -2.08. The standard InChI is InChI=1S/C12H12N4O/c1-9(17)15-10-4-2-3-5-11(10)16-12-6-7-13-8-14-12/h2-8H,1H3,(H,15,17)(H,13,14,16). The van der Waals surface area contributed by atoms with Crippen LogP contribution in [0.15, 0.2) is 42.9 Å². The molecule has 86 valence electrons. The lowest BCUT2D eigenvalue weighted by Gasteiger charge is -2.11. The molecule has 1 aromatic heterocycles. The summed E-state index contributed by atoms with van der Waals surface area (Å²) < 4.78 is 0. The van der Waals surface area contributed by atoms with Gasteiger partial charge in [-0.05, 0) is 18.2 Å². The van der Waals surface area contributed by atoms with Gasteiger partial charge in [-0.3, -0.25) is 4.79 Å². The molecule has 0 saturated carbocycles. The molecule has 2 aromatic rings. The van der Waals surface area contributed by atoms with E-state index in [0.29, 0.717) is 5.82 Å². The molecular formula is C12H12N4O. The molecule has 1 heterocycles. The molecule has 0 spiro atoms. The molecule has 0 aliphatic carbocycles. The third kappa shape index (κ3) is 3.01. The number of aromatic nitrogens is 2. The van der Waals surface area contributed by atoms with E-state index in [4.69, 9.17) is 0 Å². The fourth-order valence-electron chi connectivity index (χ4n) is 1.39. The number of hydrogen-bond acceptors (Lipinski definition) is 4. The molecule has 2 N–H and O–H groups in total. The predicted octanol–water partition coefficient (Wildman–Crippen LogP) is 2.18. The molecule has 0 unspecified atom stereocenters. The van der Waals surface area contributed by atoms with Gasteiger partial charge in [-0.1, -0.05) is 12.1 Å². The van der Waals surface area contributed by atoms with Crippen molar-refractivity contribution in [3.05, 3.63) is 42.9 Å². The zero-order valence-electron chi connectivity index (χ0n) is 9.34. The summed E-state index contributed by atoms with van der Waals surface area (Å²) >= 11 is 0. The first-order chi connectivity index (χ1) is 8.25. The van der Waals surface area contributed by atoms with Gasteiger partial charge in [-0.25, -0.2) is 9.97 Å². The van der Waals surface area contributed by atoms with Gasteiger partial charge in [-0.15, -0.1) is 0 Å². The Hall–Kier alpha value is -2.43. The first-order valence-electron chi connectivity index (χ1n) is 5.15. The van der Waals surface area contributed by atoms with Gasteiger partial charge >= 0.3 is 0 Å². The highest BCUT2D eigenvalue weighted by Gasteiger charge is 2.03. The monoisotopic (exact) mass is 228 g/mol. The molecule has 5 nitrogen and oxygen atoms in total. The van der Waals surface area contributed by atoms with E-state index < -0.39 is 0 Å². The summed E-state index contributed by atoms with van der Waals surface area (Å²) in [6.07, 6.45) is 3.11. The van der Waals surface area contributed by atoms with Gasteiger partial charge in [-0.2, -0.15) is 0 Å². The highest BCUT2D eigenvalue weighted by atomic mass is 16.1. The summed E-state index contributed by atoms with van der Waals surface area (Å²) in [5.41, 5.74) is 1.51. The number of carbonyl (C=O) groups is 1. The number of anilines is 3. The number of nitrogens with one attached hydrogen (secondary N) is 2. The molecule has 0 fully saturated rings. The molecule has 0 atom stereocenters. The quantitative estimate of drug-likeness (QED) is 0.845. The number of nitrogens with zero attached hydrogens (tertiary/aromatic N) is 2. The van der Waals surface area contributed by atoms with Gasteiger partial charge in [0.25, 0.3) is 0 Å². The highest BCUT2D eigenvalue weighted by molar-refractivity contribution is 5.93. The van der Waals surface area contributed by atoms with E-state index in [0.717, 1.165) is 11.4 Å². The van der Waals surface area contributed by atoms with Gasteiger partial charge in [0.2, 0.25) is 5.91 Å². The van der Waals surface area contributed by atoms with Crippen LogP contribution in [-0.2, 0) is 4.79 Å². The molecule has 0 bridgehead atoms. The van der Waals surface area contributed by atoms with Crippen molar-refractivity contribution >= 4 is 23.1 Å². The van der Waals surface area contributed by atoms with Crippen LogP contribution in [0.5, 0.6) is 0 Å². The maximum atomic E-state index is 11.1. The number of para-hydroxylation sites is 2. The van der Waals surface area contributed by atoms with Crippen LogP contribution in [0.4, 0.5) is 17.2 Å². The van der Waals surface area contributed by atoms with Crippen LogP contribution < -0.4 is 10.6 Å². The van der Waals surface area contributed by atoms with Gasteiger partial charge in [0.15, 0.2) is 0 Å². The minimum Gasteiger partial charge on any atom is -0.338 e. The van der Waals surface area contributed by atoms with E-state index in [1.54, 1.807) is 12.3 Å². The smallest absolute Gasteiger partial charge is 0.221 e. The Morgan fingerprint density at radius 1 is 1.18 bits per heavy atom. The Kier molecular flexibility index (Phi) is 3.30. The number of benzene rings is 1. The van der Waals surface area contributed by atoms with Gasteiger partial charge in [0.1, 0.15) is 12.1 Å². The number of amides is 1. The molecule has 0 aliphatic heterocycles. The summed E-state index contributed by atoms with van der Waals surface area (Å²) in [4.78, 5) is 18.9. The third-order valence-electron chi connectivity index (χ3n) is 2.08. The Labute approximate surface area is 98.9 Å². The fraction of sp³-hybridized carbons (Fsp3) is 0.0833. The van der Waals surface area contributed by atoms with Crippen molar-refractivity contribution < 1.29 is 4.79 Å². The Balaban J connectivity index is 2.23. The van der Waals surface area contributed by atoms with Crippen LogP contribution >= 0.6 is 0 Å². The van der Waals surface area contributed by atoms with E-state index in [-0.39, 0.29) is 5.91 Å². The largest absolute Gasteiger partial charge is 0.338 e. The predicted molar refractivity (Wildman–Crippen MR) is 66.1 cm³/mol. The topological polar surface area (TPSA) is 66.9 Å². The van der Waals surface area contributed by atoms with Crippen LogP contribution in [0.2, 0.25) is 0 Å². The third-order valence-corrected chi connectivity index (χ3v) is 2.08. The maximum absolute atomic E-state index is 11.1. The molecule has 17 heavy (non-hydrogen) atoms. The summed E-state index contributed by atoms with van der Waals surface area (Å²) in [5, 5.41) is 5.86. The summed E-state index contributed by atoms with van der Waals surface area (Å²) in [7, 11) is 0. The molecule has 0 aliphatic rings. The summed E-state index contributed by atoms with van der Waals surface area (Å²) in [6.45, 7) is 1.47. The lowest BCUT2D eigenvalue weighted by atomic mass is 10.2. The van der Waals surface area contributed by atoms with E-state index in [1.165, 1.54) is 13.3 Å². The van der Waals surface area contributed by atoms with E-state index in [1.807, 2.05) is 24.3 Å². The number of carbonyl (C=O) groups excluding carboxylic acids is 1. The maximum Gasteiger partial charge on any atom is 0.221 e. The SMILES string of the molecule is CC(=O)Nc1ccccc1Nc1ccncn1. The molecule has 2 rings (SSSR count). The van der Waals surface area contributed by atoms with E-state index in [2.05, 4.69) is 20.6 Å². The Bertz CT molecular complexity index is 513. The van der Waals surface area contributed by atoms with Crippen LogP contribution in [0, 0.1) is 0 Å². The first-order valence-corrected chi connectivity index (χ1v) is 5.15. The second-order valence-corrected chi connectivity index (χ2v) is 3.45. The Morgan fingerprint density at radius 3 is 2.59 bits per heavy atom. The van der Waals surface area contributed by atoms with Crippen molar-refractivity contribution in [2.45, 2.75) is 6.92 Å². The highest BCUT2D eigenvalue weighted by Crippen LogP contribution is 2.23. The second kappa shape index (κ2) is 5.07. The van der Waals surface area contributed by atoms with Crippen LogP contribution in [-0.4, -0.2) is 15.9 Å². The molecule has 0 radical (unpaired) electrons. The van der Waals surface area contributed by atoms with E-state index >= 15 is 0 Å². The van der Waals surface area contributed by atoms with Crippen molar-refractivity contribution in [2.75, 3.05) is 10.6 Å². The van der Waals surface area contributed by atoms with Crippen molar-refractivity contribution in [1.82, 2.24) is 9.97 Å². The molecule has 5 heteroatoms. The summed E-state index contributed by atoms with van der Waals surface area (Å²) in [6, 6.07) is 9.19. The minimum atomic E-state index is -0.109. The van der Waals surface area contributed by atoms with Gasteiger partial charge in [0.05, 0.1) is 11.4 Å². The number of rotatable bonds is 3. The van der Waals surface area contributed by atoms with Crippen molar-refractivity contribution in [1.29, 1.82) is 0 Å². The molecule has 1 aromatic carbocycles. The first kappa shape index (κ1) is 11.1. The molecular weight excluding hydrogens is 216 g/mol. The lowest BCUT2D eigenvalue weighted by molar-refractivity contribution is -0.114. The average molecular weight is 228 g/mol. The fourth-order valence-corrected chi connectivity index (χ4v) is 1.39. The Morgan fingerprint density at radius 2 is 1.94 bits per heavy atom. The van der Waals surface area contributed by atoms with Crippen LogP contribution in [0.3, 0.4) is 0 Å². The van der Waals surface area contributed by atoms with Crippen LogP contribution in [0.1, 0.15) is 6.92 Å². The van der Waals surface area contributed by atoms with Crippen molar-refractivity contribution in [3.63, 3.8) is 0 Å². The second-order valence-electron chi connectivity index (χ2n) is 3.45. The zero-order valence-corrected chi connectivity index (χ0v) is 9.34. The minimum absolute atomic E-state index is 0.109. The van der Waals surface area contributed by atoms with E-state index in [9.17, 15) is 4.79 Å². The van der Waals surface area contributed by atoms with Gasteiger partial charge in [0, 0.05) is 13.1 Å². The molecule has 0 saturated heterocycles. The van der Waals surface area contributed by atoms with Crippen LogP contribution in [0.25, 0.3) is 0 Å². The van der Waals surface area contributed by atoms with Gasteiger partial charge < -0.3 is 10.6 Å². The normalized spacial score (nSPS) is 9.71. The summed E-state index contributed by atoms with van der Waals surface area (Å²) in [5.74, 6) is 0.569.